The molecule has 0 spiro atoms. The van der Waals surface area contributed by atoms with Crippen LogP contribution in [-0.4, -0.2) is 15.0 Å². The van der Waals surface area contributed by atoms with Crippen LogP contribution < -0.4 is 0 Å². The molecule has 0 fully saturated rings. The van der Waals surface area contributed by atoms with Gasteiger partial charge in [-0.25, -0.2) is 15.0 Å². The van der Waals surface area contributed by atoms with Gasteiger partial charge in [0.1, 0.15) is 0 Å². The van der Waals surface area contributed by atoms with E-state index in [1.54, 1.807) is 23.7 Å². The van der Waals surface area contributed by atoms with Crippen molar-refractivity contribution in [1.29, 1.82) is 0 Å². The maximum atomic E-state index is 4.14. The van der Waals surface area contributed by atoms with E-state index in [-0.39, 0.29) is 0 Å². The Kier molecular flexibility index (Phi) is 3.42. The molecule has 0 saturated heterocycles. The summed E-state index contributed by atoms with van der Waals surface area (Å²) in [5, 5.41) is 1.09. The minimum Gasteiger partial charge on any atom is -0.245 e. The lowest BCUT2D eigenvalue weighted by Gasteiger charge is -1.90. The van der Waals surface area contributed by atoms with Gasteiger partial charge in [-0.3, -0.25) is 0 Å². The van der Waals surface area contributed by atoms with Crippen LogP contribution in [0.1, 0.15) is 0 Å². The number of hydrogen-bond acceptors (Lipinski definition) is 4. The molecule has 3 nitrogen and oxygen atoms in total. The van der Waals surface area contributed by atoms with E-state index in [9.17, 15) is 0 Å². The van der Waals surface area contributed by atoms with Crippen molar-refractivity contribution < 1.29 is 0 Å². The molecule has 0 bridgehead atoms. The van der Waals surface area contributed by atoms with Gasteiger partial charge in [0.25, 0.3) is 0 Å². The average molecular weight is 265 g/mol. The van der Waals surface area contributed by atoms with Gasteiger partial charge in [-0.1, -0.05) is 12.1 Å². The largest absolute Gasteiger partial charge is 0.245 e. The first-order valence-electron chi connectivity index (χ1n) is 5.87. The highest BCUT2D eigenvalue weighted by Gasteiger charge is 1.89. The SMILES string of the molecule is c1ccc2scnc2c1.c1cnc2ncccc2c1. The standard InChI is InChI=1S/C8H6N2.C7H5NS/c1-3-7-4-2-6-10-8(7)9-5-1;1-2-4-7-6(3-1)8-5-9-7/h1-6H;1-5H. The van der Waals surface area contributed by atoms with E-state index in [4.69, 9.17) is 0 Å². The Morgan fingerprint density at radius 3 is 2.16 bits per heavy atom. The second-order valence-corrected chi connectivity index (χ2v) is 4.76. The molecular formula is C15H11N3S. The molecule has 4 aromatic rings. The van der Waals surface area contributed by atoms with Crippen molar-refractivity contribution in [3.05, 3.63) is 66.4 Å². The Hall–Kier alpha value is -2.33. The van der Waals surface area contributed by atoms with Gasteiger partial charge in [0.2, 0.25) is 0 Å². The highest BCUT2D eigenvalue weighted by atomic mass is 32.1. The van der Waals surface area contributed by atoms with E-state index < -0.39 is 0 Å². The minimum absolute atomic E-state index is 0.810. The Labute approximate surface area is 114 Å². The summed E-state index contributed by atoms with van der Waals surface area (Å²) in [4.78, 5) is 12.3. The average Bonchev–Trinajstić information content (AvgIpc) is 2.96. The predicted octanol–water partition coefficient (Wildman–Crippen LogP) is 3.93. The second kappa shape index (κ2) is 5.54. The predicted molar refractivity (Wildman–Crippen MR) is 79.2 cm³/mol. The summed E-state index contributed by atoms with van der Waals surface area (Å²) in [5.74, 6) is 0. The van der Waals surface area contributed by atoms with Crippen LogP contribution in [-0.2, 0) is 0 Å². The summed E-state index contributed by atoms with van der Waals surface area (Å²) in [6.45, 7) is 0. The number of rotatable bonds is 0. The van der Waals surface area contributed by atoms with Gasteiger partial charge in [0.05, 0.1) is 15.7 Å². The number of benzene rings is 1. The molecule has 3 aromatic heterocycles. The molecule has 1 aromatic carbocycles. The molecule has 0 saturated carbocycles. The molecule has 4 heteroatoms. The first-order valence-corrected chi connectivity index (χ1v) is 6.75. The molecule has 19 heavy (non-hydrogen) atoms. The highest BCUT2D eigenvalue weighted by molar-refractivity contribution is 7.16. The lowest BCUT2D eigenvalue weighted by molar-refractivity contribution is 1.29. The van der Waals surface area contributed by atoms with Gasteiger partial charge in [-0.15, -0.1) is 11.3 Å². The molecule has 0 unspecified atom stereocenters. The van der Waals surface area contributed by atoms with E-state index in [0.29, 0.717) is 0 Å². The summed E-state index contributed by atoms with van der Waals surface area (Å²) in [6.07, 6.45) is 3.49. The zero-order valence-corrected chi connectivity index (χ0v) is 10.9. The van der Waals surface area contributed by atoms with E-state index in [0.717, 1.165) is 16.6 Å². The van der Waals surface area contributed by atoms with Crippen LogP contribution in [0.2, 0.25) is 0 Å². The normalized spacial score (nSPS) is 10.1. The molecule has 92 valence electrons. The topological polar surface area (TPSA) is 38.7 Å². The molecule has 0 radical (unpaired) electrons. The minimum atomic E-state index is 0.810. The number of nitrogens with zero attached hydrogens (tertiary/aromatic N) is 3. The van der Waals surface area contributed by atoms with Gasteiger partial charge >= 0.3 is 0 Å². The fraction of sp³-hybridized carbons (Fsp3) is 0. The molecule has 0 atom stereocenters. The van der Waals surface area contributed by atoms with E-state index in [1.807, 2.05) is 48.0 Å². The van der Waals surface area contributed by atoms with Crippen LogP contribution in [0.5, 0.6) is 0 Å². The Balaban J connectivity index is 0.000000117. The lowest BCUT2D eigenvalue weighted by Crippen LogP contribution is -1.78. The van der Waals surface area contributed by atoms with Crippen LogP contribution in [0.25, 0.3) is 21.3 Å². The summed E-state index contributed by atoms with van der Waals surface area (Å²) < 4.78 is 1.26. The van der Waals surface area contributed by atoms with Gasteiger partial charge < -0.3 is 0 Å². The van der Waals surface area contributed by atoms with Gasteiger partial charge in [0, 0.05) is 17.8 Å². The maximum Gasteiger partial charge on any atom is 0.159 e. The van der Waals surface area contributed by atoms with E-state index in [2.05, 4.69) is 21.0 Å². The third kappa shape index (κ3) is 2.74. The van der Waals surface area contributed by atoms with Crippen molar-refractivity contribution in [2.24, 2.45) is 0 Å². The van der Waals surface area contributed by atoms with Crippen LogP contribution in [0, 0.1) is 0 Å². The summed E-state index contributed by atoms with van der Waals surface area (Å²) in [5.41, 5.74) is 3.78. The fourth-order valence-corrected chi connectivity index (χ4v) is 2.39. The van der Waals surface area contributed by atoms with Crippen molar-refractivity contribution in [3.8, 4) is 0 Å². The highest BCUT2D eigenvalue weighted by Crippen LogP contribution is 2.15. The molecule has 0 amide bonds. The Bertz CT molecular complexity index is 699. The lowest BCUT2D eigenvalue weighted by atomic mass is 10.3. The number of fused-ring (bicyclic) bond motifs is 2. The zero-order chi connectivity index (χ0) is 12.9. The molecule has 0 aliphatic heterocycles. The molecule has 0 aliphatic carbocycles. The Morgan fingerprint density at radius 1 is 0.737 bits per heavy atom. The van der Waals surface area contributed by atoms with Crippen LogP contribution >= 0.6 is 11.3 Å². The van der Waals surface area contributed by atoms with Crippen molar-refractivity contribution in [1.82, 2.24) is 15.0 Å². The second-order valence-electron chi connectivity index (χ2n) is 3.87. The van der Waals surface area contributed by atoms with Gasteiger partial charge in [-0.2, -0.15) is 0 Å². The molecular weight excluding hydrogens is 254 g/mol. The van der Waals surface area contributed by atoms with Crippen LogP contribution in [0.15, 0.2) is 66.4 Å². The number of hydrogen-bond donors (Lipinski definition) is 0. The molecule has 0 N–H and O–H groups in total. The van der Waals surface area contributed by atoms with E-state index >= 15 is 0 Å². The smallest absolute Gasteiger partial charge is 0.159 e. The van der Waals surface area contributed by atoms with Gasteiger partial charge in [-0.05, 0) is 36.4 Å². The molecule has 4 rings (SSSR count). The first kappa shape index (κ1) is 11.7. The van der Waals surface area contributed by atoms with Gasteiger partial charge in [0.15, 0.2) is 5.65 Å². The third-order valence-corrected chi connectivity index (χ3v) is 3.42. The first-order chi connectivity index (χ1) is 9.43. The van der Waals surface area contributed by atoms with E-state index in [1.165, 1.54) is 4.70 Å². The van der Waals surface area contributed by atoms with Crippen molar-refractivity contribution in [2.45, 2.75) is 0 Å². The summed E-state index contributed by atoms with van der Waals surface area (Å²) >= 11 is 1.68. The molecule has 3 heterocycles. The quantitative estimate of drug-likeness (QED) is 0.483. The van der Waals surface area contributed by atoms with Crippen LogP contribution in [0.4, 0.5) is 0 Å². The Morgan fingerprint density at radius 2 is 1.47 bits per heavy atom. The third-order valence-electron chi connectivity index (χ3n) is 2.61. The number of aromatic nitrogens is 3. The van der Waals surface area contributed by atoms with Crippen molar-refractivity contribution >= 4 is 32.6 Å². The van der Waals surface area contributed by atoms with Crippen LogP contribution in [0.3, 0.4) is 0 Å². The maximum absolute atomic E-state index is 4.14. The van der Waals surface area contributed by atoms with Crippen molar-refractivity contribution in [3.63, 3.8) is 0 Å². The molecule has 0 aliphatic rings. The number of para-hydroxylation sites is 1. The summed E-state index contributed by atoms with van der Waals surface area (Å²) in [7, 11) is 0. The van der Waals surface area contributed by atoms with Crippen molar-refractivity contribution in [2.75, 3.05) is 0 Å². The monoisotopic (exact) mass is 265 g/mol. The fourth-order valence-electron chi connectivity index (χ4n) is 1.71. The number of thiazole rings is 1. The number of pyridine rings is 2. The summed E-state index contributed by atoms with van der Waals surface area (Å²) in [6, 6.07) is 15.9. The zero-order valence-electron chi connectivity index (χ0n) is 10.1.